The van der Waals surface area contributed by atoms with Crippen molar-refractivity contribution in [1.82, 2.24) is 14.8 Å². The van der Waals surface area contributed by atoms with E-state index >= 15 is 0 Å². The molecule has 0 aromatic carbocycles. The second-order valence-electron chi connectivity index (χ2n) is 3.39. The fourth-order valence-corrected chi connectivity index (χ4v) is 1.76. The lowest BCUT2D eigenvalue weighted by molar-refractivity contribution is 0.588. The average Bonchev–Trinajstić information content (AvgIpc) is 2.65. The first-order valence-corrected chi connectivity index (χ1v) is 6.20. The van der Waals surface area contributed by atoms with E-state index in [1.807, 2.05) is 4.68 Å². The molecule has 4 heteroatoms. The van der Waals surface area contributed by atoms with Crippen LogP contribution in [-0.4, -0.2) is 19.6 Å². The summed E-state index contributed by atoms with van der Waals surface area (Å²) < 4.78 is 1.97. The summed E-state index contributed by atoms with van der Waals surface area (Å²) in [5.41, 5.74) is 0. The molecule has 0 N–H and O–H groups in total. The van der Waals surface area contributed by atoms with Gasteiger partial charge in [-0.15, -0.1) is 0 Å². The van der Waals surface area contributed by atoms with Crippen LogP contribution >= 0.6 is 15.9 Å². The molecule has 1 aromatic rings. The summed E-state index contributed by atoms with van der Waals surface area (Å²) in [4.78, 5) is 4.90. The van der Waals surface area contributed by atoms with Crippen molar-refractivity contribution in [3.63, 3.8) is 0 Å². The molecule has 0 spiro atoms. The van der Waals surface area contributed by atoms with Crippen LogP contribution in [0.25, 0.3) is 0 Å². The summed E-state index contributed by atoms with van der Waals surface area (Å²) in [7, 11) is 0. The summed E-state index contributed by atoms with van der Waals surface area (Å²) in [5.74, 6) is 1.11. The number of hydrogen-bond acceptors (Lipinski definition) is 2. The van der Waals surface area contributed by atoms with Gasteiger partial charge < -0.3 is 0 Å². The number of aromatic nitrogens is 3. The van der Waals surface area contributed by atoms with E-state index in [0.29, 0.717) is 4.83 Å². The highest BCUT2D eigenvalue weighted by atomic mass is 79.9. The maximum atomic E-state index is 4.25. The van der Waals surface area contributed by atoms with Crippen molar-refractivity contribution in [3.05, 3.63) is 12.2 Å². The van der Waals surface area contributed by atoms with Crippen molar-refractivity contribution in [2.75, 3.05) is 0 Å². The Morgan fingerprint density at radius 3 is 2.93 bits per heavy atom. The fraction of sp³-hybridized carbons (Fsp3) is 0.800. The van der Waals surface area contributed by atoms with Crippen LogP contribution in [0.5, 0.6) is 0 Å². The second kappa shape index (κ2) is 6.17. The Hall–Kier alpha value is -0.380. The van der Waals surface area contributed by atoms with Gasteiger partial charge in [0.1, 0.15) is 12.2 Å². The molecule has 0 aliphatic carbocycles. The Labute approximate surface area is 94.0 Å². The SMILES string of the molecule is CCC(Br)CCCc1ncnn1CC. The van der Waals surface area contributed by atoms with Crippen LogP contribution in [0.2, 0.25) is 0 Å². The summed E-state index contributed by atoms with van der Waals surface area (Å²) in [6, 6.07) is 0. The molecular formula is C10H18BrN3. The molecule has 0 fully saturated rings. The quantitative estimate of drug-likeness (QED) is 0.736. The molecule has 1 rings (SSSR count). The lowest BCUT2D eigenvalue weighted by Gasteiger charge is -2.06. The monoisotopic (exact) mass is 259 g/mol. The first kappa shape index (κ1) is 11.7. The molecule has 80 valence electrons. The Kier molecular flexibility index (Phi) is 5.15. The summed E-state index contributed by atoms with van der Waals surface area (Å²) >= 11 is 3.63. The topological polar surface area (TPSA) is 30.7 Å². The molecule has 0 saturated carbocycles. The summed E-state index contributed by atoms with van der Waals surface area (Å²) in [5, 5.41) is 4.15. The van der Waals surface area contributed by atoms with E-state index in [-0.39, 0.29) is 0 Å². The van der Waals surface area contributed by atoms with Crippen LogP contribution in [0, 0.1) is 0 Å². The highest BCUT2D eigenvalue weighted by Gasteiger charge is 2.04. The van der Waals surface area contributed by atoms with Gasteiger partial charge in [0.2, 0.25) is 0 Å². The van der Waals surface area contributed by atoms with Crippen molar-refractivity contribution in [1.29, 1.82) is 0 Å². The van der Waals surface area contributed by atoms with Gasteiger partial charge in [-0.3, -0.25) is 4.68 Å². The van der Waals surface area contributed by atoms with Crippen LogP contribution in [0.15, 0.2) is 6.33 Å². The summed E-state index contributed by atoms with van der Waals surface area (Å²) in [6.45, 7) is 5.21. The number of halogens is 1. The minimum absolute atomic E-state index is 0.653. The van der Waals surface area contributed by atoms with E-state index in [0.717, 1.165) is 18.8 Å². The molecule has 1 atom stereocenters. The van der Waals surface area contributed by atoms with E-state index in [1.165, 1.54) is 19.3 Å². The third kappa shape index (κ3) is 3.40. The van der Waals surface area contributed by atoms with Gasteiger partial charge in [0, 0.05) is 17.8 Å². The molecule has 0 aliphatic heterocycles. The largest absolute Gasteiger partial charge is 0.250 e. The van der Waals surface area contributed by atoms with Crippen LogP contribution in [0.1, 0.15) is 38.9 Å². The van der Waals surface area contributed by atoms with Gasteiger partial charge in [-0.25, -0.2) is 4.98 Å². The zero-order valence-electron chi connectivity index (χ0n) is 8.91. The van der Waals surface area contributed by atoms with E-state index in [2.05, 4.69) is 39.9 Å². The zero-order valence-corrected chi connectivity index (χ0v) is 10.5. The van der Waals surface area contributed by atoms with E-state index in [9.17, 15) is 0 Å². The molecule has 0 radical (unpaired) electrons. The molecular weight excluding hydrogens is 242 g/mol. The number of rotatable bonds is 6. The number of aryl methyl sites for hydroxylation is 2. The highest BCUT2D eigenvalue weighted by molar-refractivity contribution is 9.09. The molecule has 1 heterocycles. The van der Waals surface area contributed by atoms with Gasteiger partial charge in [0.05, 0.1) is 0 Å². The Morgan fingerprint density at radius 1 is 1.50 bits per heavy atom. The van der Waals surface area contributed by atoms with Crippen molar-refractivity contribution < 1.29 is 0 Å². The van der Waals surface area contributed by atoms with Gasteiger partial charge >= 0.3 is 0 Å². The van der Waals surface area contributed by atoms with E-state index < -0.39 is 0 Å². The van der Waals surface area contributed by atoms with Gasteiger partial charge in [0.25, 0.3) is 0 Å². The second-order valence-corrected chi connectivity index (χ2v) is 4.68. The average molecular weight is 260 g/mol. The third-order valence-electron chi connectivity index (χ3n) is 2.36. The lowest BCUT2D eigenvalue weighted by Crippen LogP contribution is -2.05. The van der Waals surface area contributed by atoms with Gasteiger partial charge in [-0.1, -0.05) is 22.9 Å². The Bertz CT molecular complexity index is 260. The summed E-state index contributed by atoms with van der Waals surface area (Å²) in [6.07, 6.45) is 6.27. The minimum Gasteiger partial charge on any atom is -0.250 e. The molecule has 14 heavy (non-hydrogen) atoms. The van der Waals surface area contributed by atoms with Gasteiger partial charge in [0.15, 0.2) is 0 Å². The van der Waals surface area contributed by atoms with Crippen molar-refractivity contribution in [2.45, 2.75) is 50.9 Å². The standard InChI is InChI=1S/C10H18BrN3/c1-3-9(11)6-5-7-10-12-8-13-14(10)4-2/h8-9H,3-7H2,1-2H3. The zero-order chi connectivity index (χ0) is 10.4. The minimum atomic E-state index is 0.653. The number of hydrogen-bond donors (Lipinski definition) is 0. The first-order valence-electron chi connectivity index (χ1n) is 5.28. The molecule has 0 saturated heterocycles. The van der Waals surface area contributed by atoms with Gasteiger partial charge in [-0.2, -0.15) is 5.10 Å². The predicted octanol–water partition coefficient (Wildman–Crippen LogP) is 2.79. The molecule has 1 unspecified atom stereocenters. The third-order valence-corrected chi connectivity index (χ3v) is 3.46. The number of nitrogens with zero attached hydrogens (tertiary/aromatic N) is 3. The molecule has 0 aliphatic rings. The molecule has 0 bridgehead atoms. The van der Waals surface area contributed by atoms with E-state index in [1.54, 1.807) is 6.33 Å². The normalized spacial score (nSPS) is 13.1. The van der Waals surface area contributed by atoms with Crippen LogP contribution in [0.4, 0.5) is 0 Å². The van der Waals surface area contributed by atoms with Crippen molar-refractivity contribution in [3.8, 4) is 0 Å². The lowest BCUT2D eigenvalue weighted by atomic mass is 10.1. The molecule has 1 aromatic heterocycles. The maximum Gasteiger partial charge on any atom is 0.138 e. The number of alkyl halides is 1. The highest BCUT2D eigenvalue weighted by Crippen LogP contribution is 2.13. The van der Waals surface area contributed by atoms with Crippen LogP contribution < -0.4 is 0 Å². The van der Waals surface area contributed by atoms with Gasteiger partial charge in [-0.05, 0) is 26.2 Å². The predicted molar refractivity (Wildman–Crippen MR) is 61.6 cm³/mol. The fourth-order valence-electron chi connectivity index (χ4n) is 1.43. The smallest absolute Gasteiger partial charge is 0.138 e. The molecule has 3 nitrogen and oxygen atoms in total. The van der Waals surface area contributed by atoms with E-state index in [4.69, 9.17) is 0 Å². The molecule has 0 amide bonds. The van der Waals surface area contributed by atoms with Crippen LogP contribution in [-0.2, 0) is 13.0 Å². The van der Waals surface area contributed by atoms with Crippen molar-refractivity contribution >= 4 is 15.9 Å². The Morgan fingerprint density at radius 2 is 2.29 bits per heavy atom. The Balaban J connectivity index is 2.31. The maximum absolute atomic E-state index is 4.25. The van der Waals surface area contributed by atoms with Crippen molar-refractivity contribution in [2.24, 2.45) is 0 Å². The van der Waals surface area contributed by atoms with Crippen LogP contribution in [0.3, 0.4) is 0 Å². The first-order chi connectivity index (χ1) is 6.77.